The summed E-state index contributed by atoms with van der Waals surface area (Å²) in [6, 6.07) is 6.00. The number of esters is 1. The van der Waals surface area contributed by atoms with Gasteiger partial charge in [-0.2, -0.15) is 0 Å². The van der Waals surface area contributed by atoms with Gasteiger partial charge in [0.05, 0.1) is 0 Å². The van der Waals surface area contributed by atoms with E-state index in [0.717, 1.165) is 17.9 Å². The van der Waals surface area contributed by atoms with Crippen LogP contribution in [0.5, 0.6) is 5.75 Å². The van der Waals surface area contributed by atoms with Crippen molar-refractivity contribution < 1.29 is 9.53 Å². The number of rotatable bonds is 5. The Labute approximate surface area is 146 Å². The molecular weight excluding hydrogens is 296 g/mol. The van der Waals surface area contributed by atoms with Crippen LogP contribution in [0.25, 0.3) is 0 Å². The largest absolute Gasteiger partial charge is 0.426 e. The van der Waals surface area contributed by atoms with E-state index in [2.05, 4.69) is 33.4 Å². The van der Waals surface area contributed by atoms with Gasteiger partial charge >= 0.3 is 5.97 Å². The average molecular weight is 326 g/mol. The van der Waals surface area contributed by atoms with Gasteiger partial charge < -0.3 is 4.74 Å². The number of hydrogen-bond acceptors (Lipinski definition) is 2. The molecule has 2 fully saturated rings. The van der Waals surface area contributed by atoms with Crippen molar-refractivity contribution in [3.63, 3.8) is 0 Å². The zero-order valence-electron chi connectivity index (χ0n) is 15.5. The second-order valence-corrected chi connectivity index (χ2v) is 8.58. The number of hydrogen-bond donors (Lipinski definition) is 0. The summed E-state index contributed by atoms with van der Waals surface area (Å²) in [5.41, 5.74) is 2.84. The highest BCUT2D eigenvalue weighted by Gasteiger charge is 2.61. The summed E-state index contributed by atoms with van der Waals surface area (Å²) in [4.78, 5) is 12.5. The lowest BCUT2D eigenvalue weighted by molar-refractivity contribution is -0.136. The molecule has 2 saturated carbocycles. The third-order valence-corrected chi connectivity index (χ3v) is 7.23. The summed E-state index contributed by atoms with van der Waals surface area (Å²) < 4.78 is 5.70. The van der Waals surface area contributed by atoms with Crippen molar-refractivity contribution in [2.75, 3.05) is 0 Å². The van der Waals surface area contributed by atoms with Gasteiger partial charge in [-0.25, -0.2) is 0 Å². The van der Waals surface area contributed by atoms with Crippen LogP contribution in [-0.4, -0.2) is 5.97 Å². The summed E-state index contributed by atoms with van der Waals surface area (Å²) in [5.74, 6) is 1.84. The Kier molecular flexibility index (Phi) is 4.36. The fraction of sp³-hybridized carbons (Fsp3) is 0.591. The molecule has 2 heteroatoms. The minimum atomic E-state index is -0.0795. The number of ether oxygens (including phenoxy) is 1. The fourth-order valence-corrected chi connectivity index (χ4v) is 5.16. The molecule has 0 aromatic heterocycles. The summed E-state index contributed by atoms with van der Waals surface area (Å²) in [6.07, 6.45) is 7.01. The Bertz CT molecular complexity index is 658. The van der Waals surface area contributed by atoms with E-state index in [1.165, 1.54) is 24.8 Å². The molecule has 0 saturated heterocycles. The van der Waals surface area contributed by atoms with Crippen molar-refractivity contribution >= 4 is 5.97 Å². The van der Waals surface area contributed by atoms with Gasteiger partial charge in [0, 0.05) is 6.42 Å². The van der Waals surface area contributed by atoms with Crippen LogP contribution < -0.4 is 4.74 Å². The lowest BCUT2D eigenvalue weighted by atomic mass is 9.66. The third-order valence-electron chi connectivity index (χ3n) is 7.23. The molecule has 1 aromatic rings. The van der Waals surface area contributed by atoms with E-state index < -0.39 is 0 Å². The maximum atomic E-state index is 12.5. The molecule has 0 spiro atoms. The molecule has 3 atom stereocenters. The molecule has 3 rings (SSSR count). The van der Waals surface area contributed by atoms with Crippen LogP contribution in [0.4, 0.5) is 0 Å². The van der Waals surface area contributed by atoms with Crippen molar-refractivity contribution in [1.29, 1.82) is 0 Å². The number of benzene rings is 1. The van der Waals surface area contributed by atoms with E-state index in [0.29, 0.717) is 23.5 Å². The first kappa shape index (κ1) is 17.3. The smallest absolute Gasteiger partial charge is 0.311 e. The Hall–Kier alpha value is -1.57. The highest BCUT2D eigenvalue weighted by atomic mass is 16.5. The second kappa shape index (κ2) is 6.06. The van der Waals surface area contributed by atoms with E-state index in [9.17, 15) is 4.79 Å². The number of carbonyl (C=O) groups excluding carboxylic acids is 1. The summed E-state index contributed by atoms with van der Waals surface area (Å²) in [7, 11) is 0. The van der Waals surface area contributed by atoms with E-state index >= 15 is 0 Å². The van der Waals surface area contributed by atoms with Gasteiger partial charge in [0.25, 0.3) is 0 Å². The molecule has 2 bridgehead atoms. The van der Waals surface area contributed by atoms with E-state index in [4.69, 9.17) is 4.74 Å². The molecule has 0 radical (unpaired) electrons. The van der Waals surface area contributed by atoms with Gasteiger partial charge in [0.15, 0.2) is 0 Å². The van der Waals surface area contributed by atoms with Crippen molar-refractivity contribution in [1.82, 2.24) is 0 Å². The summed E-state index contributed by atoms with van der Waals surface area (Å²) in [5, 5.41) is 0. The first-order valence-electron chi connectivity index (χ1n) is 9.19. The molecule has 2 aliphatic carbocycles. The van der Waals surface area contributed by atoms with Crippen molar-refractivity contribution in [3.05, 3.63) is 42.0 Å². The van der Waals surface area contributed by atoms with Crippen molar-refractivity contribution in [2.24, 2.45) is 22.7 Å². The van der Waals surface area contributed by atoms with Crippen LogP contribution in [0.1, 0.15) is 57.6 Å². The Morgan fingerprint density at radius 2 is 2.12 bits per heavy atom. The molecule has 0 amide bonds. The number of aryl methyl sites for hydroxylation is 1. The normalized spacial score (nSPS) is 30.3. The van der Waals surface area contributed by atoms with Gasteiger partial charge in [0.2, 0.25) is 0 Å². The van der Waals surface area contributed by atoms with Crippen molar-refractivity contribution in [3.8, 4) is 5.75 Å². The van der Waals surface area contributed by atoms with Crippen molar-refractivity contribution in [2.45, 2.75) is 59.8 Å². The predicted octanol–water partition coefficient (Wildman–Crippen LogP) is 5.48. The molecule has 0 N–H and O–H groups in total. The molecule has 0 aliphatic heterocycles. The Balaban J connectivity index is 1.66. The highest BCUT2D eigenvalue weighted by molar-refractivity contribution is 5.73. The Morgan fingerprint density at radius 3 is 2.67 bits per heavy atom. The molecule has 2 aliphatic rings. The van der Waals surface area contributed by atoms with Crippen LogP contribution in [0.2, 0.25) is 0 Å². The van der Waals surface area contributed by atoms with Gasteiger partial charge in [-0.05, 0) is 72.5 Å². The van der Waals surface area contributed by atoms with Crippen LogP contribution in [-0.2, 0) is 11.2 Å². The zero-order chi connectivity index (χ0) is 17.5. The molecule has 1 aromatic carbocycles. The van der Waals surface area contributed by atoms with Gasteiger partial charge in [-0.3, -0.25) is 4.79 Å². The quantitative estimate of drug-likeness (QED) is 0.407. The van der Waals surface area contributed by atoms with Crippen LogP contribution >= 0.6 is 0 Å². The van der Waals surface area contributed by atoms with E-state index in [-0.39, 0.29) is 11.4 Å². The number of allylic oxidation sites excluding steroid dienone is 1. The summed E-state index contributed by atoms with van der Waals surface area (Å²) in [6.45, 7) is 12.9. The Morgan fingerprint density at radius 1 is 1.38 bits per heavy atom. The molecule has 3 unspecified atom stereocenters. The molecule has 24 heavy (non-hydrogen) atoms. The monoisotopic (exact) mass is 326 g/mol. The van der Waals surface area contributed by atoms with Gasteiger partial charge in [0.1, 0.15) is 5.75 Å². The minimum absolute atomic E-state index is 0.0795. The van der Waals surface area contributed by atoms with Crippen LogP contribution in [0, 0.1) is 29.6 Å². The maximum Gasteiger partial charge on any atom is 0.311 e. The third kappa shape index (κ3) is 2.70. The fourth-order valence-electron chi connectivity index (χ4n) is 5.16. The SMILES string of the molecule is C=CCc1ccc(OC(=O)CC2CC3CCC2(C)C3(C)C)c(C)c1. The molecule has 0 heterocycles. The number of carbonyl (C=O) groups is 1. The van der Waals surface area contributed by atoms with Crippen LogP contribution in [0.3, 0.4) is 0 Å². The molecular formula is C22H30O2. The zero-order valence-corrected chi connectivity index (χ0v) is 15.5. The van der Waals surface area contributed by atoms with Gasteiger partial charge in [-0.15, -0.1) is 6.58 Å². The van der Waals surface area contributed by atoms with Gasteiger partial charge in [-0.1, -0.05) is 39.0 Å². The standard InChI is InChI=1S/C22H30O2/c1-6-7-16-8-9-19(15(2)12-16)24-20(23)14-18-13-17-10-11-22(18,5)21(17,3)4/h6,8-9,12,17-18H,1,7,10-11,13-14H2,2-5H3. The lowest BCUT2D eigenvalue weighted by Crippen LogP contribution is -2.33. The molecule has 2 nitrogen and oxygen atoms in total. The van der Waals surface area contributed by atoms with Crippen LogP contribution in [0.15, 0.2) is 30.9 Å². The highest BCUT2D eigenvalue weighted by Crippen LogP contribution is 2.68. The predicted molar refractivity (Wildman–Crippen MR) is 98.1 cm³/mol. The first-order valence-corrected chi connectivity index (χ1v) is 9.19. The lowest BCUT2D eigenvalue weighted by Gasteiger charge is -2.39. The van der Waals surface area contributed by atoms with E-state index in [1.807, 2.05) is 25.1 Å². The number of fused-ring (bicyclic) bond motifs is 2. The average Bonchev–Trinajstić information content (AvgIpc) is 2.84. The van der Waals surface area contributed by atoms with E-state index in [1.54, 1.807) is 0 Å². The summed E-state index contributed by atoms with van der Waals surface area (Å²) >= 11 is 0. The first-order chi connectivity index (χ1) is 11.3. The second-order valence-electron chi connectivity index (χ2n) is 8.58. The topological polar surface area (TPSA) is 26.3 Å². The minimum Gasteiger partial charge on any atom is -0.426 e. The maximum absolute atomic E-state index is 12.5. The molecule has 130 valence electrons.